The Morgan fingerprint density at radius 2 is 2.00 bits per heavy atom. The lowest BCUT2D eigenvalue weighted by Gasteiger charge is -2.38. The molecule has 0 saturated carbocycles. The van der Waals surface area contributed by atoms with Gasteiger partial charge in [0.25, 0.3) is 0 Å². The maximum atomic E-state index is 14.9. The van der Waals surface area contributed by atoms with Gasteiger partial charge in [-0.3, -0.25) is 0 Å². The second-order valence-corrected chi connectivity index (χ2v) is 9.06. The Hall–Kier alpha value is -1.64. The third-order valence-corrected chi connectivity index (χ3v) is 7.00. The molecule has 1 saturated heterocycles. The van der Waals surface area contributed by atoms with Crippen LogP contribution in [0.4, 0.5) is 24.7 Å². The molecule has 4 nitrogen and oxygen atoms in total. The second kappa shape index (κ2) is 8.62. The van der Waals surface area contributed by atoms with E-state index >= 15 is 0 Å². The first kappa shape index (κ1) is 22.1. The Bertz CT molecular complexity index is 894. The van der Waals surface area contributed by atoms with E-state index in [4.69, 9.17) is 11.6 Å². The lowest BCUT2D eigenvalue weighted by atomic mass is 9.86. The van der Waals surface area contributed by atoms with Crippen molar-refractivity contribution in [2.45, 2.75) is 30.7 Å². The number of nitrogens with zero attached hydrogens (tertiary/aromatic N) is 3. The topological polar surface area (TPSA) is 31.4 Å². The molecule has 1 atom stereocenters. The zero-order valence-corrected chi connectivity index (χ0v) is 18.3. The predicted molar refractivity (Wildman–Crippen MR) is 113 cm³/mol. The number of aromatic nitrogens is 1. The van der Waals surface area contributed by atoms with Gasteiger partial charge < -0.3 is 14.5 Å². The molecule has 1 aliphatic rings. The number of rotatable bonds is 6. The third-order valence-electron chi connectivity index (χ3n) is 5.75. The average molecular weight is 445 g/mol. The quantitative estimate of drug-likeness (QED) is 0.364. The summed E-state index contributed by atoms with van der Waals surface area (Å²) >= 11 is 6.94. The van der Waals surface area contributed by atoms with Crippen molar-refractivity contribution in [2.24, 2.45) is 5.92 Å². The summed E-state index contributed by atoms with van der Waals surface area (Å²) in [5.41, 5.74) is 0.308. The molecule has 0 bridgehead atoms. The minimum atomic E-state index is -0.842. The van der Waals surface area contributed by atoms with E-state index < -0.39 is 17.6 Å². The first-order chi connectivity index (χ1) is 13.6. The first-order valence-corrected chi connectivity index (χ1v) is 10.5. The highest BCUT2D eigenvalue weighted by atomic mass is 35.5. The third kappa shape index (κ3) is 4.59. The standard InChI is InChI=1S/C20H24ClF3N4S/c1-20(2,27(3)4)12-8-9-28(11-12)14-10-13(22)19(18(24)17(14)21)29-26-16-7-5-6-15(23)25-16/h5-7,10,12H,8-9,11H2,1-4H3,(H,25,26). The van der Waals surface area contributed by atoms with Crippen molar-refractivity contribution in [2.75, 3.05) is 36.8 Å². The predicted octanol–water partition coefficient (Wildman–Crippen LogP) is 5.44. The zero-order valence-electron chi connectivity index (χ0n) is 16.8. The molecular weight excluding hydrogens is 421 g/mol. The van der Waals surface area contributed by atoms with E-state index in [0.717, 1.165) is 6.42 Å². The van der Waals surface area contributed by atoms with Gasteiger partial charge in [-0.25, -0.2) is 13.8 Å². The number of anilines is 2. The number of halogens is 4. The average Bonchev–Trinajstić information content (AvgIpc) is 3.15. The van der Waals surface area contributed by atoms with Crippen LogP contribution < -0.4 is 9.62 Å². The monoisotopic (exact) mass is 444 g/mol. The highest BCUT2D eigenvalue weighted by molar-refractivity contribution is 8.00. The van der Waals surface area contributed by atoms with Crippen molar-refractivity contribution in [3.05, 3.63) is 46.9 Å². The normalized spacial score (nSPS) is 17.3. The Morgan fingerprint density at radius 3 is 2.66 bits per heavy atom. The highest BCUT2D eigenvalue weighted by Crippen LogP contribution is 2.40. The van der Waals surface area contributed by atoms with Gasteiger partial charge in [-0.15, -0.1) is 0 Å². The van der Waals surface area contributed by atoms with Crippen LogP contribution in [0.2, 0.25) is 5.02 Å². The van der Waals surface area contributed by atoms with Crippen LogP contribution in [0.5, 0.6) is 0 Å². The van der Waals surface area contributed by atoms with Crippen LogP contribution in [0.1, 0.15) is 20.3 Å². The van der Waals surface area contributed by atoms with Crippen molar-refractivity contribution in [3.8, 4) is 0 Å². The molecule has 1 aromatic heterocycles. The summed E-state index contributed by atoms with van der Waals surface area (Å²) in [6.07, 6.45) is 0.911. The minimum Gasteiger partial charge on any atom is -0.370 e. The van der Waals surface area contributed by atoms with Gasteiger partial charge in [0, 0.05) is 24.7 Å². The molecule has 158 valence electrons. The molecule has 0 spiro atoms. The van der Waals surface area contributed by atoms with Crippen molar-refractivity contribution < 1.29 is 13.2 Å². The molecular formula is C20H24ClF3N4S. The number of benzene rings is 1. The number of nitrogens with one attached hydrogen (secondary N) is 1. The fourth-order valence-electron chi connectivity index (χ4n) is 3.38. The van der Waals surface area contributed by atoms with E-state index in [-0.39, 0.29) is 21.3 Å². The lowest BCUT2D eigenvalue weighted by molar-refractivity contribution is 0.127. The van der Waals surface area contributed by atoms with Gasteiger partial charge in [0.05, 0.1) is 5.69 Å². The van der Waals surface area contributed by atoms with E-state index in [2.05, 4.69) is 28.5 Å². The summed E-state index contributed by atoms with van der Waals surface area (Å²) in [5.74, 6) is -1.76. The van der Waals surface area contributed by atoms with E-state index in [1.165, 1.54) is 24.3 Å². The highest BCUT2D eigenvalue weighted by Gasteiger charge is 2.37. The fourth-order valence-corrected chi connectivity index (χ4v) is 4.37. The van der Waals surface area contributed by atoms with Crippen molar-refractivity contribution in [1.29, 1.82) is 0 Å². The summed E-state index contributed by atoms with van der Waals surface area (Å²) in [7, 11) is 4.06. The maximum absolute atomic E-state index is 14.9. The van der Waals surface area contributed by atoms with Gasteiger partial charge in [-0.2, -0.15) is 4.39 Å². The van der Waals surface area contributed by atoms with Crippen LogP contribution in [-0.4, -0.2) is 42.6 Å². The van der Waals surface area contributed by atoms with Crippen LogP contribution in [0.25, 0.3) is 0 Å². The molecule has 0 amide bonds. The smallest absolute Gasteiger partial charge is 0.214 e. The van der Waals surface area contributed by atoms with E-state index in [1.807, 2.05) is 19.0 Å². The molecule has 3 rings (SSSR count). The van der Waals surface area contributed by atoms with Gasteiger partial charge in [-0.1, -0.05) is 17.7 Å². The SMILES string of the molecule is CN(C)C(C)(C)C1CCN(c2cc(F)c(SNc3cccc(F)n3)c(F)c2Cl)C1. The Kier molecular flexibility index (Phi) is 6.55. The Balaban J connectivity index is 1.79. The second-order valence-electron chi connectivity index (χ2n) is 7.86. The van der Waals surface area contributed by atoms with Crippen LogP contribution >= 0.6 is 23.5 Å². The molecule has 1 fully saturated rings. The largest absolute Gasteiger partial charge is 0.370 e. The molecule has 2 heterocycles. The summed E-state index contributed by atoms with van der Waals surface area (Å²) in [6.45, 7) is 5.67. The summed E-state index contributed by atoms with van der Waals surface area (Å²) in [6, 6.07) is 5.40. The maximum Gasteiger partial charge on any atom is 0.214 e. The van der Waals surface area contributed by atoms with Gasteiger partial charge >= 0.3 is 0 Å². The molecule has 0 radical (unpaired) electrons. The van der Waals surface area contributed by atoms with E-state index in [0.29, 0.717) is 36.6 Å². The van der Waals surface area contributed by atoms with Crippen LogP contribution in [0.15, 0.2) is 29.2 Å². The Labute approximate surface area is 178 Å². The molecule has 2 aromatic rings. The number of hydrogen-bond acceptors (Lipinski definition) is 5. The van der Waals surface area contributed by atoms with Crippen LogP contribution in [0.3, 0.4) is 0 Å². The molecule has 29 heavy (non-hydrogen) atoms. The summed E-state index contributed by atoms with van der Waals surface area (Å²) in [4.78, 5) is 7.42. The molecule has 1 aromatic carbocycles. The fraction of sp³-hybridized carbons (Fsp3) is 0.450. The van der Waals surface area contributed by atoms with Gasteiger partial charge in [0.1, 0.15) is 21.6 Å². The van der Waals surface area contributed by atoms with Crippen molar-refractivity contribution >= 4 is 35.1 Å². The summed E-state index contributed by atoms with van der Waals surface area (Å²) in [5, 5.41) is -0.119. The summed E-state index contributed by atoms with van der Waals surface area (Å²) < 4.78 is 45.4. The van der Waals surface area contributed by atoms with Crippen molar-refractivity contribution in [3.63, 3.8) is 0 Å². The Morgan fingerprint density at radius 1 is 1.28 bits per heavy atom. The van der Waals surface area contributed by atoms with Crippen molar-refractivity contribution in [1.82, 2.24) is 9.88 Å². The number of pyridine rings is 1. The van der Waals surface area contributed by atoms with Gasteiger partial charge in [-0.05, 0) is 64.4 Å². The zero-order chi connectivity index (χ0) is 21.3. The molecule has 1 N–H and O–H groups in total. The van der Waals surface area contributed by atoms with E-state index in [9.17, 15) is 13.2 Å². The van der Waals surface area contributed by atoms with Gasteiger partial charge in [0.2, 0.25) is 5.95 Å². The van der Waals surface area contributed by atoms with E-state index in [1.54, 1.807) is 0 Å². The lowest BCUT2D eigenvalue weighted by Crippen LogP contribution is -2.46. The first-order valence-electron chi connectivity index (χ1n) is 9.26. The number of hydrogen-bond donors (Lipinski definition) is 1. The minimum absolute atomic E-state index is 0.0456. The molecule has 1 unspecified atom stereocenters. The molecule has 1 aliphatic heterocycles. The van der Waals surface area contributed by atoms with Crippen LogP contribution in [-0.2, 0) is 0 Å². The molecule has 0 aliphatic carbocycles. The van der Waals surface area contributed by atoms with Gasteiger partial charge in [0.15, 0.2) is 5.82 Å². The van der Waals surface area contributed by atoms with Crippen LogP contribution in [0, 0.1) is 23.5 Å². The molecule has 9 heteroatoms.